The van der Waals surface area contributed by atoms with Gasteiger partial charge in [0, 0.05) is 6.04 Å². The predicted octanol–water partition coefficient (Wildman–Crippen LogP) is 2.50. The zero-order chi connectivity index (χ0) is 17.2. The third-order valence-corrected chi connectivity index (χ3v) is 4.81. The molecule has 0 saturated heterocycles. The topological polar surface area (TPSA) is 66.4 Å². The lowest BCUT2D eigenvalue weighted by Crippen LogP contribution is -2.37. The number of sulfonamides is 1. The van der Waals surface area contributed by atoms with Gasteiger partial charge in [-0.15, -0.1) is 0 Å². The van der Waals surface area contributed by atoms with E-state index < -0.39 is 44.5 Å². The summed E-state index contributed by atoms with van der Waals surface area (Å²) in [5, 5.41) is 10.1. The number of aliphatic hydroxyl groups is 1. The van der Waals surface area contributed by atoms with Gasteiger partial charge in [-0.1, -0.05) is 18.2 Å². The Labute approximate surface area is 131 Å². The lowest BCUT2D eigenvalue weighted by molar-refractivity contribution is 0.146. The number of hydrogen-bond acceptors (Lipinski definition) is 3. The van der Waals surface area contributed by atoms with Crippen LogP contribution in [0.4, 0.5) is 13.2 Å². The molecule has 2 unspecified atom stereocenters. The van der Waals surface area contributed by atoms with Crippen molar-refractivity contribution in [3.05, 3.63) is 65.5 Å². The summed E-state index contributed by atoms with van der Waals surface area (Å²) in [5.74, 6) is -3.29. The number of rotatable bonds is 5. The Morgan fingerprint density at radius 2 is 1.65 bits per heavy atom. The van der Waals surface area contributed by atoms with E-state index in [1.165, 1.54) is 19.1 Å². The summed E-state index contributed by atoms with van der Waals surface area (Å²) in [6, 6.07) is 6.56. The number of aliphatic hydroxyl groups excluding tert-OH is 1. The first-order chi connectivity index (χ1) is 10.7. The fourth-order valence-corrected chi connectivity index (χ4v) is 3.35. The van der Waals surface area contributed by atoms with Gasteiger partial charge in [0.15, 0.2) is 11.6 Å². The lowest BCUT2D eigenvalue weighted by atomic mass is 10.0. The largest absolute Gasteiger partial charge is 0.387 e. The maximum Gasteiger partial charge on any atom is 0.243 e. The second-order valence-corrected chi connectivity index (χ2v) is 6.64. The highest BCUT2D eigenvalue weighted by molar-refractivity contribution is 7.89. The van der Waals surface area contributed by atoms with Crippen molar-refractivity contribution in [3.8, 4) is 0 Å². The second kappa shape index (κ2) is 6.69. The minimum absolute atomic E-state index is 0.279. The molecule has 0 aliphatic rings. The first-order valence-corrected chi connectivity index (χ1v) is 8.10. The first kappa shape index (κ1) is 17.5. The first-order valence-electron chi connectivity index (χ1n) is 6.62. The molecule has 0 aliphatic heterocycles. The smallest absolute Gasteiger partial charge is 0.243 e. The van der Waals surface area contributed by atoms with Crippen LogP contribution in [0.15, 0.2) is 47.4 Å². The normalized spacial score (nSPS) is 14.5. The molecular formula is C15H14F3NO3S. The van der Waals surface area contributed by atoms with Crippen LogP contribution < -0.4 is 4.72 Å². The Hall–Kier alpha value is -1.90. The van der Waals surface area contributed by atoms with Crippen LogP contribution in [0.3, 0.4) is 0 Å². The number of hydrogen-bond donors (Lipinski definition) is 2. The highest BCUT2D eigenvalue weighted by Crippen LogP contribution is 2.21. The molecule has 0 amide bonds. The van der Waals surface area contributed by atoms with Crippen LogP contribution in [-0.2, 0) is 10.0 Å². The van der Waals surface area contributed by atoms with Gasteiger partial charge in [-0.05, 0) is 36.8 Å². The number of nitrogens with one attached hydrogen (secondary N) is 1. The zero-order valence-electron chi connectivity index (χ0n) is 12.0. The maximum atomic E-state index is 13.6. The van der Waals surface area contributed by atoms with Gasteiger partial charge in [0.05, 0.1) is 6.10 Å². The molecule has 124 valence electrons. The summed E-state index contributed by atoms with van der Waals surface area (Å²) in [6.45, 7) is 1.35. The predicted molar refractivity (Wildman–Crippen MR) is 77.5 cm³/mol. The average Bonchev–Trinajstić information content (AvgIpc) is 2.49. The van der Waals surface area contributed by atoms with E-state index >= 15 is 0 Å². The van der Waals surface area contributed by atoms with Gasteiger partial charge in [0.25, 0.3) is 0 Å². The fraction of sp³-hybridized carbons (Fsp3) is 0.200. The molecule has 0 radical (unpaired) electrons. The van der Waals surface area contributed by atoms with E-state index in [4.69, 9.17) is 0 Å². The van der Waals surface area contributed by atoms with E-state index in [0.29, 0.717) is 0 Å². The van der Waals surface area contributed by atoms with E-state index in [0.717, 1.165) is 30.3 Å². The average molecular weight is 345 g/mol. The van der Waals surface area contributed by atoms with Crippen LogP contribution in [0.2, 0.25) is 0 Å². The van der Waals surface area contributed by atoms with Gasteiger partial charge in [-0.2, -0.15) is 0 Å². The molecule has 0 heterocycles. The Kier molecular flexibility index (Phi) is 5.08. The summed E-state index contributed by atoms with van der Waals surface area (Å²) in [6.07, 6.45) is -1.29. The standard InChI is InChI=1S/C15H14F3NO3S/c1-9(15(20)10-5-7-11(16)8-6-10)19-23(21,22)13-4-2-3-12(17)14(13)18/h2-9,15,19-20H,1H3. The number of halogens is 3. The molecule has 0 spiro atoms. The minimum atomic E-state index is -4.37. The van der Waals surface area contributed by atoms with Gasteiger partial charge in [0.2, 0.25) is 10.0 Å². The van der Waals surface area contributed by atoms with Crippen LogP contribution in [0.25, 0.3) is 0 Å². The van der Waals surface area contributed by atoms with Gasteiger partial charge >= 0.3 is 0 Å². The van der Waals surface area contributed by atoms with Crippen LogP contribution >= 0.6 is 0 Å². The second-order valence-electron chi connectivity index (χ2n) is 4.96. The molecule has 0 aliphatic carbocycles. The van der Waals surface area contributed by atoms with Crippen LogP contribution in [0, 0.1) is 17.5 Å². The molecular weight excluding hydrogens is 331 g/mol. The van der Waals surface area contributed by atoms with E-state index in [1.807, 2.05) is 0 Å². The van der Waals surface area contributed by atoms with Crippen molar-refractivity contribution in [1.82, 2.24) is 4.72 Å². The van der Waals surface area contributed by atoms with Crippen molar-refractivity contribution >= 4 is 10.0 Å². The van der Waals surface area contributed by atoms with Crippen molar-refractivity contribution in [2.45, 2.75) is 24.0 Å². The van der Waals surface area contributed by atoms with Crippen LogP contribution in [-0.4, -0.2) is 19.6 Å². The Balaban J connectivity index is 2.22. The third kappa shape index (κ3) is 3.90. The van der Waals surface area contributed by atoms with Gasteiger partial charge in [-0.3, -0.25) is 0 Å². The molecule has 2 aromatic carbocycles. The lowest BCUT2D eigenvalue weighted by Gasteiger charge is -2.20. The van der Waals surface area contributed by atoms with Gasteiger partial charge in [0.1, 0.15) is 10.7 Å². The summed E-state index contributed by atoms with van der Waals surface area (Å²) < 4.78 is 65.9. The Bertz CT molecular complexity index is 794. The molecule has 2 aromatic rings. The molecule has 2 N–H and O–H groups in total. The molecule has 8 heteroatoms. The maximum absolute atomic E-state index is 13.6. The van der Waals surface area contributed by atoms with Crippen molar-refractivity contribution in [3.63, 3.8) is 0 Å². The quantitative estimate of drug-likeness (QED) is 0.875. The molecule has 0 bridgehead atoms. The molecule has 0 saturated carbocycles. The van der Waals surface area contributed by atoms with Crippen molar-refractivity contribution in [2.75, 3.05) is 0 Å². The number of benzene rings is 2. The molecule has 2 atom stereocenters. The Morgan fingerprint density at radius 1 is 1.04 bits per heavy atom. The SMILES string of the molecule is CC(NS(=O)(=O)c1cccc(F)c1F)C(O)c1ccc(F)cc1. The summed E-state index contributed by atoms with van der Waals surface area (Å²) in [7, 11) is -4.37. The molecule has 2 rings (SSSR count). The summed E-state index contributed by atoms with van der Waals surface area (Å²) in [5.41, 5.74) is 0.279. The Morgan fingerprint density at radius 3 is 2.26 bits per heavy atom. The van der Waals surface area contributed by atoms with Crippen molar-refractivity contribution in [2.24, 2.45) is 0 Å². The summed E-state index contributed by atoms with van der Waals surface area (Å²) >= 11 is 0. The molecule has 23 heavy (non-hydrogen) atoms. The van der Waals surface area contributed by atoms with E-state index in [1.54, 1.807) is 0 Å². The van der Waals surface area contributed by atoms with E-state index in [-0.39, 0.29) is 5.56 Å². The van der Waals surface area contributed by atoms with Crippen molar-refractivity contribution in [1.29, 1.82) is 0 Å². The third-order valence-electron chi connectivity index (χ3n) is 3.23. The molecule has 0 fully saturated rings. The zero-order valence-corrected chi connectivity index (χ0v) is 12.8. The highest BCUT2D eigenvalue weighted by atomic mass is 32.2. The fourth-order valence-electron chi connectivity index (χ4n) is 2.01. The van der Waals surface area contributed by atoms with Gasteiger partial charge in [-0.25, -0.2) is 26.3 Å². The summed E-state index contributed by atoms with van der Waals surface area (Å²) in [4.78, 5) is -0.851. The van der Waals surface area contributed by atoms with E-state index in [9.17, 15) is 26.7 Å². The van der Waals surface area contributed by atoms with Crippen LogP contribution in [0.5, 0.6) is 0 Å². The monoisotopic (exact) mass is 345 g/mol. The van der Waals surface area contributed by atoms with E-state index in [2.05, 4.69) is 4.72 Å². The van der Waals surface area contributed by atoms with Crippen LogP contribution in [0.1, 0.15) is 18.6 Å². The van der Waals surface area contributed by atoms with Gasteiger partial charge < -0.3 is 5.11 Å². The molecule has 4 nitrogen and oxygen atoms in total. The molecule has 0 aromatic heterocycles. The van der Waals surface area contributed by atoms with Crippen molar-refractivity contribution < 1.29 is 26.7 Å². The highest BCUT2D eigenvalue weighted by Gasteiger charge is 2.26. The minimum Gasteiger partial charge on any atom is -0.387 e.